The molecule has 3 N–H and O–H groups in total. The van der Waals surface area contributed by atoms with Crippen LogP contribution in [-0.2, 0) is 14.3 Å². The fourth-order valence-corrected chi connectivity index (χ4v) is 1.43. The average Bonchev–Trinajstić information content (AvgIpc) is 2.32. The molecule has 0 aromatic carbocycles. The maximum atomic E-state index is 11.7. The number of rotatable bonds is 9. The molecule has 0 bridgehead atoms. The van der Waals surface area contributed by atoms with Gasteiger partial charge in [-0.05, 0) is 31.2 Å². The maximum Gasteiger partial charge on any atom is 0.333 e. The van der Waals surface area contributed by atoms with Crippen LogP contribution in [0.25, 0.3) is 0 Å². The summed E-state index contributed by atoms with van der Waals surface area (Å²) < 4.78 is 5.05. The highest BCUT2D eigenvalue weighted by Gasteiger charge is 2.27. The molecule has 0 spiro atoms. The number of ether oxygens (including phenoxy) is 1. The van der Waals surface area contributed by atoms with E-state index in [9.17, 15) is 9.59 Å². The van der Waals surface area contributed by atoms with Crippen molar-refractivity contribution in [1.29, 1.82) is 0 Å². The summed E-state index contributed by atoms with van der Waals surface area (Å²) in [4.78, 5) is 22.2. The Morgan fingerprint density at radius 1 is 1.32 bits per heavy atom. The third-order valence-electron chi connectivity index (χ3n) is 2.99. The van der Waals surface area contributed by atoms with Crippen LogP contribution < -0.4 is 5.73 Å². The standard InChI is InChI=1S/C14H23NO4/c1-10(12(16)17)6-5-9-19-13(18)11(2)14(3,4)7-8-15/h1-2,5-9,15H2,3-4H3,(H,16,17). The highest BCUT2D eigenvalue weighted by molar-refractivity contribution is 5.89. The number of carboxylic acid groups (broad SMARTS) is 1. The van der Waals surface area contributed by atoms with E-state index in [0.717, 1.165) is 0 Å². The van der Waals surface area contributed by atoms with Crippen molar-refractivity contribution in [1.82, 2.24) is 0 Å². The first kappa shape index (κ1) is 17.4. The van der Waals surface area contributed by atoms with Crippen LogP contribution in [0.15, 0.2) is 24.3 Å². The van der Waals surface area contributed by atoms with E-state index in [1.54, 1.807) is 0 Å². The fraction of sp³-hybridized carbons (Fsp3) is 0.571. The van der Waals surface area contributed by atoms with E-state index >= 15 is 0 Å². The molecule has 0 fully saturated rings. The smallest absolute Gasteiger partial charge is 0.333 e. The van der Waals surface area contributed by atoms with Gasteiger partial charge in [-0.1, -0.05) is 27.0 Å². The van der Waals surface area contributed by atoms with E-state index < -0.39 is 17.4 Å². The Bertz CT molecular complexity index is 372. The van der Waals surface area contributed by atoms with Gasteiger partial charge in [0.1, 0.15) is 0 Å². The molecule has 0 aromatic heterocycles. The number of aliphatic carboxylic acids is 1. The highest BCUT2D eigenvalue weighted by atomic mass is 16.5. The van der Waals surface area contributed by atoms with Crippen molar-refractivity contribution < 1.29 is 19.4 Å². The molecule has 0 heterocycles. The van der Waals surface area contributed by atoms with Crippen LogP contribution in [-0.4, -0.2) is 30.2 Å². The van der Waals surface area contributed by atoms with Gasteiger partial charge in [-0.3, -0.25) is 0 Å². The molecule has 0 aliphatic rings. The Balaban J connectivity index is 4.09. The predicted molar refractivity (Wildman–Crippen MR) is 73.6 cm³/mol. The zero-order chi connectivity index (χ0) is 15.1. The molecule has 0 saturated heterocycles. The SMILES string of the molecule is C=C(CCCOC(=O)C(=C)C(C)(C)CCN)C(=O)O. The summed E-state index contributed by atoms with van der Waals surface area (Å²) in [5.74, 6) is -1.49. The fourth-order valence-electron chi connectivity index (χ4n) is 1.43. The zero-order valence-corrected chi connectivity index (χ0v) is 11.7. The lowest BCUT2D eigenvalue weighted by molar-refractivity contribution is -0.140. The number of hydrogen-bond donors (Lipinski definition) is 2. The monoisotopic (exact) mass is 269 g/mol. The van der Waals surface area contributed by atoms with Crippen LogP contribution in [0.3, 0.4) is 0 Å². The van der Waals surface area contributed by atoms with Gasteiger partial charge in [0.05, 0.1) is 6.61 Å². The van der Waals surface area contributed by atoms with Gasteiger partial charge in [0.2, 0.25) is 0 Å². The van der Waals surface area contributed by atoms with Gasteiger partial charge in [0.25, 0.3) is 0 Å². The van der Waals surface area contributed by atoms with Gasteiger partial charge >= 0.3 is 11.9 Å². The molecule has 0 atom stereocenters. The largest absolute Gasteiger partial charge is 0.478 e. The Kier molecular flexibility index (Phi) is 7.08. The van der Waals surface area contributed by atoms with E-state index in [1.165, 1.54) is 0 Å². The first-order valence-electron chi connectivity index (χ1n) is 6.20. The highest BCUT2D eigenvalue weighted by Crippen LogP contribution is 2.29. The van der Waals surface area contributed by atoms with Crippen LogP contribution >= 0.6 is 0 Å². The molecule has 0 amide bonds. The molecular weight excluding hydrogens is 246 g/mol. The number of nitrogens with two attached hydrogens (primary N) is 1. The minimum atomic E-state index is -1.03. The van der Waals surface area contributed by atoms with Crippen molar-refractivity contribution in [3.8, 4) is 0 Å². The first-order valence-corrected chi connectivity index (χ1v) is 6.20. The van der Waals surface area contributed by atoms with Crippen molar-refractivity contribution in [2.45, 2.75) is 33.1 Å². The number of esters is 1. The van der Waals surface area contributed by atoms with Crippen LogP contribution in [0.1, 0.15) is 33.1 Å². The Morgan fingerprint density at radius 2 is 1.89 bits per heavy atom. The zero-order valence-electron chi connectivity index (χ0n) is 11.7. The summed E-state index contributed by atoms with van der Waals surface area (Å²) in [6.45, 7) is 11.5. The Hall–Kier alpha value is -1.62. The quantitative estimate of drug-likeness (QED) is 0.379. The van der Waals surface area contributed by atoms with Gasteiger partial charge in [-0.25, -0.2) is 9.59 Å². The van der Waals surface area contributed by atoms with Crippen molar-refractivity contribution >= 4 is 11.9 Å². The van der Waals surface area contributed by atoms with Crippen LogP contribution in [0.5, 0.6) is 0 Å². The van der Waals surface area contributed by atoms with Gasteiger partial charge in [-0.2, -0.15) is 0 Å². The Morgan fingerprint density at radius 3 is 2.37 bits per heavy atom. The minimum Gasteiger partial charge on any atom is -0.478 e. The van der Waals surface area contributed by atoms with E-state index in [-0.39, 0.29) is 12.2 Å². The molecule has 0 radical (unpaired) electrons. The van der Waals surface area contributed by atoms with Crippen molar-refractivity contribution in [3.63, 3.8) is 0 Å². The second kappa shape index (κ2) is 7.74. The normalized spacial score (nSPS) is 10.9. The minimum absolute atomic E-state index is 0.110. The molecule has 5 nitrogen and oxygen atoms in total. The van der Waals surface area contributed by atoms with E-state index in [4.69, 9.17) is 15.6 Å². The molecule has 0 aromatic rings. The molecule has 19 heavy (non-hydrogen) atoms. The molecule has 108 valence electrons. The number of carboxylic acids is 1. The number of carbonyl (C=O) groups excluding carboxylic acids is 1. The van der Waals surface area contributed by atoms with Gasteiger partial charge in [0.15, 0.2) is 0 Å². The molecule has 0 rings (SSSR count). The summed E-state index contributed by atoms with van der Waals surface area (Å²) in [7, 11) is 0. The first-order chi connectivity index (χ1) is 8.72. The molecule has 0 aliphatic carbocycles. The summed E-state index contributed by atoms with van der Waals surface area (Å²) >= 11 is 0. The third kappa shape index (κ3) is 6.20. The van der Waals surface area contributed by atoms with E-state index in [0.29, 0.717) is 31.4 Å². The Labute approximate surface area is 114 Å². The molecule has 0 aliphatic heterocycles. The van der Waals surface area contributed by atoms with Crippen molar-refractivity contribution in [3.05, 3.63) is 24.3 Å². The lowest BCUT2D eigenvalue weighted by atomic mass is 9.82. The van der Waals surface area contributed by atoms with Crippen LogP contribution in [0, 0.1) is 5.41 Å². The maximum absolute atomic E-state index is 11.7. The van der Waals surface area contributed by atoms with Crippen molar-refractivity contribution in [2.75, 3.05) is 13.2 Å². The second-order valence-electron chi connectivity index (χ2n) is 5.05. The lowest BCUT2D eigenvalue weighted by Crippen LogP contribution is -2.25. The summed E-state index contributed by atoms with van der Waals surface area (Å²) in [5.41, 5.74) is 5.58. The third-order valence-corrected chi connectivity index (χ3v) is 2.99. The van der Waals surface area contributed by atoms with Crippen LogP contribution in [0.2, 0.25) is 0 Å². The van der Waals surface area contributed by atoms with Gasteiger partial charge < -0.3 is 15.6 Å². The summed E-state index contributed by atoms with van der Waals surface area (Å²) in [6, 6.07) is 0. The summed E-state index contributed by atoms with van der Waals surface area (Å²) in [5, 5.41) is 8.61. The average molecular weight is 269 g/mol. The van der Waals surface area contributed by atoms with E-state index in [2.05, 4.69) is 13.2 Å². The molecule has 5 heteroatoms. The van der Waals surface area contributed by atoms with Crippen LogP contribution in [0.4, 0.5) is 0 Å². The van der Waals surface area contributed by atoms with Crippen molar-refractivity contribution in [2.24, 2.45) is 11.1 Å². The number of carbonyl (C=O) groups is 2. The predicted octanol–water partition coefficient (Wildman–Crippen LogP) is 1.88. The summed E-state index contributed by atoms with van der Waals surface area (Å²) in [6.07, 6.45) is 1.37. The second-order valence-corrected chi connectivity index (χ2v) is 5.05. The molecular formula is C14H23NO4. The van der Waals surface area contributed by atoms with Gasteiger partial charge in [0, 0.05) is 11.1 Å². The lowest BCUT2D eigenvalue weighted by Gasteiger charge is -2.25. The molecule has 0 unspecified atom stereocenters. The molecule has 0 saturated carbocycles. The van der Waals surface area contributed by atoms with E-state index in [1.807, 2.05) is 13.8 Å². The topological polar surface area (TPSA) is 89.6 Å². The number of hydrogen-bond acceptors (Lipinski definition) is 4. The van der Waals surface area contributed by atoms with Gasteiger partial charge in [-0.15, -0.1) is 0 Å².